The van der Waals surface area contributed by atoms with E-state index in [0.29, 0.717) is 18.8 Å². The Morgan fingerprint density at radius 3 is 2.33 bits per heavy atom. The quantitative estimate of drug-likeness (QED) is 0.453. The molecule has 1 unspecified atom stereocenters. The van der Waals surface area contributed by atoms with E-state index in [4.69, 9.17) is 9.47 Å². The number of H-pyrrole nitrogens is 1. The lowest BCUT2D eigenvalue weighted by Gasteiger charge is -2.26. The Bertz CT molecular complexity index is 1250. The molecule has 4 aromatic rings. The zero-order chi connectivity index (χ0) is 22.8. The molecule has 5 rings (SSSR count). The third-order valence-corrected chi connectivity index (χ3v) is 5.84. The van der Waals surface area contributed by atoms with Crippen LogP contribution < -0.4 is 9.47 Å². The molecule has 0 bridgehead atoms. The first-order valence-corrected chi connectivity index (χ1v) is 10.8. The summed E-state index contributed by atoms with van der Waals surface area (Å²) in [6.07, 6.45) is 3.48. The van der Waals surface area contributed by atoms with Crippen LogP contribution in [0.15, 0.2) is 73.1 Å². The molecule has 3 heterocycles. The van der Waals surface area contributed by atoms with Crippen molar-refractivity contribution in [2.75, 3.05) is 13.7 Å². The molecule has 7 heteroatoms. The number of fused-ring (bicyclic) bond motifs is 1. The zero-order valence-corrected chi connectivity index (χ0v) is 18.5. The Hall–Kier alpha value is -4.13. The number of carbonyl (C=O) groups is 1. The van der Waals surface area contributed by atoms with Gasteiger partial charge < -0.3 is 14.4 Å². The highest BCUT2D eigenvalue weighted by atomic mass is 16.5. The van der Waals surface area contributed by atoms with Crippen molar-refractivity contribution in [1.29, 1.82) is 0 Å². The number of methoxy groups -OCH3 is 1. The lowest BCUT2D eigenvalue weighted by Crippen LogP contribution is -2.29. The van der Waals surface area contributed by atoms with Crippen LogP contribution in [0.2, 0.25) is 0 Å². The molecule has 1 N–H and O–H groups in total. The van der Waals surface area contributed by atoms with Gasteiger partial charge in [0.05, 0.1) is 25.5 Å². The van der Waals surface area contributed by atoms with E-state index in [-0.39, 0.29) is 11.9 Å². The highest BCUT2D eigenvalue weighted by molar-refractivity contribution is 6.00. The fourth-order valence-corrected chi connectivity index (χ4v) is 4.27. The van der Waals surface area contributed by atoms with Gasteiger partial charge in [-0.25, -0.2) is 0 Å². The van der Waals surface area contributed by atoms with Gasteiger partial charge in [-0.15, -0.1) is 0 Å². The maximum Gasteiger partial charge on any atom is 0.273 e. The Balaban J connectivity index is 1.60. The van der Waals surface area contributed by atoms with Gasteiger partial charge in [0.25, 0.3) is 5.91 Å². The summed E-state index contributed by atoms with van der Waals surface area (Å²) in [6, 6.07) is 19.2. The normalized spacial score (nSPS) is 14.9. The Kier molecular flexibility index (Phi) is 5.52. The number of nitrogens with one attached hydrogen (secondary N) is 1. The first kappa shape index (κ1) is 20.8. The van der Waals surface area contributed by atoms with E-state index in [1.807, 2.05) is 72.5 Å². The summed E-state index contributed by atoms with van der Waals surface area (Å²) in [6.45, 7) is 3.02. The monoisotopic (exact) mass is 440 g/mol. The maximum atomic E-state index is 13.5. The van der Waals surface area contributed by atoms with Gasteiger partial charge in [-0.2, -0.15) is 5.10 Å². The third-order valence-electron chi connectivity index (χ3n) is 5.84. The number of hydrogen-bond donors (Lipinski definition) is 1. The van der Waals surface area contributed by atoms with E-state index in [2.05, 4.69) is 15.2 Å². The second-order valence-corrected chi connectivity index (χ2v) is 7.78. The number of rotatable bonds is 7. The standard InChI is InChI=1S/C26H24N4O3/c1-3-33-21-10-6-19(7-11-21)25-22-23(18-4-8-20(32-2)9-5-18)28-29-24(22)26(31)30(25)16-17-12-14-27-15-13-17/h4-15,25H,3,16H2,1-2H3,(H,28,29). The molecule has 0 aliphatic carbocycles. The van der Waals surface area contributed by atoms with Gasteiger partial charge in [0.1, 0.15) is 17.2 Å². The van der Waals surface area contributed by atoms with Crippen molar-refractivity contribution in [1.82, 2.24) is 20.1 Å². The SMILES string of the molecule is CCOc1ccc(C2c3c(-c4ccc(OC)cc4)n[nH]c3C(=O)N2Cc2ccncc2)cc1. The summed E-state index contributed by atoms with van der Waals surface area (Å²) in [5.74, 6) is 1.49. The minimum atomic E-state index is -0.285. The van der Waals surface area contributed by atoms with Crippen molar-refractivity contribution < 1.29 is 14.3 Å². The number of aromatic amines is 1. The summed E-state index contributed by atoms with van der Waals surface area (Å²) in [5.41, 5.74) is 5.09. The number of pyridine rings is 1. The molecule has 0 saturated carbocycles. The van der Waals surface area contributed by atoms with E-state index < -0.39 is 0 Å². The zero-order valence-electron chi connectivity index (χ0n) is 18.5. The van der Waals surface area contributed by atoms with Crippen LogP contribution in [0.4, 0.5) is 0 Å². The molecule has 2 aromatic heterocycles. The summed E-state index contributed by atoms with van der Waals surface area (Å²) >= 11 is 0. The fourth-order valence-electron chi connectivity index (χ4n) is 4.27. The molecule has 0 fully saturated rings. The van der Waals surface area contributed by atoms with E-state index in [0.717, 1.165) is 39.4 Å². The van der Waals surface area contributed by atoms with Crippen LogP contribution in [-0.4, -0.2) is 39.7 Å². The van der Waals surface area contributed by atoms with Crippen molar-refractivity contribution in [3.05, 3.63) is 95.4 Å². The number of ether oxygens (including phenoxy) is 2. The van der Waals surface area contributed by atoms with Crippen LogP contribution in [0.5, 0.6) is 11.5 Å². The topological polar surface area (TPSA) is 80.3 Å². The molecular formula is C26H24N4O3. The Morgan fingerprint density at radius 1 is 0.970 bits per heavy atom. The van der Waals surface area contributed by atoms with Gasteiger partial charge in [0.15, 0.2) is 0 Å². The predicted octanol–water partition coefficient (Wildman–Crippen LogP) is 4.62. The smallest absolute Gasteiger partial charge is 0.273 e. The van der Waals surface area contributed by atoms with Crippen LogP contribution in [0, 0.1) is 0 Å². The number of benzene rings is 2. The van der Waals surface area contributed by atoms with Crippen LogP contribution in [0.3, 0.4) is 0 Å². The van der Waals surface area contributed by atoms with Gasteiger partial charge in [-0.05, 0) is 66.6 Å². The molecule has 0 radical (unpaired) electrons. The summed E-state index contributed by atoms with van der Waals surface area (Å²) in [4.78, 5) is 19.5. The first-order chi connectivity index (χ1) is 16.2. The van der Waals surface area contributed by atoms with Crippen molar-refractivity contribution in [2.24, 2.45) is 0 Å². The fraction of sp³-hybridized carbons (Fsp3) is 0.192. The molecule has 1 aliphatic heterocycles. The average Bonchev–Trinajstić information content (AvgIpc) is 3.40. The van der Waals surface area contributed by atoms with Gasteiger partial charge in [0.2, 0.25) is 0 Å². The molecule has 33 heavy (non-hydrogen) atoms. The Labute approximate surface area is 192 Å². The molecular weight excluding hydrogens is 416 g/mol. The third kappa shape index (κ3) is 3.82. The highest BCUT2D eigenvalue weighted by Gasteiger charge is 2.42. The number of aromatic nitrogens is 3. The second-order valence-electron chi connectivity index (χ2n) is 7.78. The van der Waals surface area contributed by atoms with Crippen LogP contribution in [-0.2, 0) is 6.54 Å². The number of hydrogen-bond acceptors (Lipinski definition) is 5. The highest BCUT2D eigenvalue weighted by Crippen LogP contribution is 2.43. The largest absolute Gasteiger partial charge is 0.497 e. The van der Waals surface area contributed by atoms with Crippen molar-refractivity contribution in [3.63, 3.8) is 0 Å². The van der Waals surface area contributed by atoms with Crippen LogP contribution >= 0.6 is 0 Å². The van der Waals surface area contributed by atoms with Gasteiger partial charge >= 0.3 is 0 Å². The molecule has 2 aromatic carbocycles. The molecule has 7 nitrogen and oxygen atoms in total. The lowest BCUT2D eigenvalue weighted by molar-refractivity contribution is 0.0730. The minimum Gasteiger partial charge on any atom is -0.497 e. The summed E-state index contributed by atoms with van der Waals surface area (Å²) < 4.78 is 10.9. The summed E-state index contributed by atoms with van der Waals surface area (Å²) in [7, 11) is 1.64. The van der Waals surface area contributed by atoms with Crippen LogP contribution in [0.25, 0.3) is 11.3 Å². The lowest BCUT2D eigenvalue weighted by atomic mass is 9.96. The van der Waals surface area contributed by atoms with Crippen molar-refractivity contribution in [3.8, 4) is 22.8 Å². The first-order valence-electron chi connectivity index (χ1n) is 10.8. The van der Waals surface area contributed by atoms with Crippen LogP contribution in [0.1, 0.15) is 40.1 Å². The second kappa shape index (κ2) is 8.78. The number of amides is 1. The van der Waals surface area contributed by atoms with Gasteiger partial charge in [-0.1, -0.05) is 12.1 Å². The Morgan fingerprint density at radius 2 is 1.67 bits per heavy atom. The number of carbonyl (C=O) groups excluding carboxylic acids is 1. The van der Waals surface area contributed by atoms with Crippen molar-refractivity contribution in [2.45, 2.75) is 19.5 Å². The number of nitrogens with zero attached hydrogens (tertiary/aromatic N) is 3. The predicted molar refractivity (Wildman–Crippen MR) is 124 cm³/mol. The molecule has 0 saturated heterocycles. The van der Waals surface area contributed by atoms with Gasteiger partial charge in [0, 0.05) is 30.1 Å². The molecule has 1 atom stereocenters. The van der Waals surface area contributed by atoms with E-state index in [1.54, 1.807) is 19.5 Å². The minimum absolute atomic E-state index is 0.0760. The van der Waals surface area contributed by atoms with Crippen molar-refractivity contribution >= 4 is 5.91 Å². The molecule has 0 spiro atoms. The molecule has 166 valence electrons. The van der Waals surface area contributed by atoms with E-state index in [1.165, 1.54) is 0 Å². The van der Waals surface area contributed by atoms with E-state index >= 15 is 0 Å². The average molecular weight is 441 g/mol. The maximum absolute atomic E-state index is 13.5. The summed E-state index contributed by atoms with van der Waals surface area (Å²) in [5, 5.41) is 7.53. The molecule has 1 amide bonds. The van der Waals surface area contributed by atoms with E-state index in [9.17, 15) is 4.79 Å². The molecule has 1 aliphatic rings. The van der Waals surface area contributed by atoms with Gasteiger partial charge in [-0.3, -0.25) is 14.9 Å².